The number of anilines is 1. The lowest BCUT2D eigenvalue weighted by Gasteiger charge is -2.12. The molecule has 0 fully saturated rings. The van der Waals surface area contributed by atoms with Crippen LogP contribution >= 0.6 is 11.6 Å². The van der Waals surface area contributed by atoms with Crippen molar-refractivity contribution in [2.75, 3.05) is 5.32 Å². The zero-order valence-electron chi connectivity index (χ0n) is 12.1. The maximum Gasteiger partial charge on any atom is 0.274 e. The first-order valence-electron chi connectivity index (χ1n) is 6.97. The Morgan fingerprint density at radius 2 is 1.74 bits per heavy atom. The molecule has 3 rings (SSSR count). The van der Waals surface area contributed by atoms with Gasteiger partial charge in [0.2, 0.25) is 0 Å². The summed E-state index contributed by atoms with van der Waals surface area (Å²) in [5, 5.41) is 3.25. The SMILES string of the molecule is O=C(Nc1ccccc1Oc1ccccc1)c1cc(Cl)ccn1. The van der Waals surface area contributed by atoms with Crippen LogP contribution in [-0.2, 0) is 0 Å². The maximum atomic E-state index is 12.3. The molecule has 0 radical (unpaired) electrons. The zero-order valence-corrected chi connectivity index (χ0v) is 12.8. The number of pyridine rings is 1. The normalized spacial score (nSPS) is 10.1. The Balaban J connectivity index is 1.82. The molecule has 1 aromatic heterocycles. The second-order valence-corrected chi connectivity index (χ2v) is 5.16. The molecule has 1 N–H and O–H groups in total. The average Bonchev–Trinajstić information content (AvgIpc) is 2.57. The van der Waals surface area contributed by atoms with Crippen molar-refractivity contribution in [3.05, 3.63) is 83.6 Å². The van der Waals surface area contributed by atoms with Gasteiger partial charge in [0.15, 0.2) is 5.75 Å². The van der Waals surface area contributed by atoms with Gasteiger partial charge in [0.25, 0.3) is 5.91 Å². The maximum absolute atomic E-state index is 12.3. The molecular weight excluding hydrogens is 312 g/mol. The van der Waals surface area contributed by atoms with Gasteiger partial charge in [-0.1, -0.05) is 41.9 Å². The molecule has 1 heterocycles. The smallest absolute Gasteiger partial charge is 0.274 e. The number of ether oxygens (including phenoxy) is 1. The van der Waals surface area contributed by atoms with Crippen LogP contribution < -0.4 is 10.1 Å². The lowest BCUT2D eigenvalue weighted by atomic mass is 10.2. The summed E-state index contributed by atoms with van der Waals surface area (Å²) in [7, 11) is 0. The predicted octanol–water partition coefficient (Wildman–Crippen LogP) is 4.78. The summed E-state index contributed by atoms with van der Waals surface area (Å²) < 4.78 is 5.81. The van der Waals surface area contributed by atoms with Gasteiger partial charge in [-0.2, -0.15) is 0 Å². The van der Waals surface area contributed by atoms with Gasteiger partial charge in [0.1, 0.15) is 11.4 Å². The summed E-state index contributed by atoms with van der Waals surface area (Å²) >= 11 is 5.89. The fourth-order valence-electron chi connectivity index (χ4n) is 1.99. The van der Waals surface area contributed by atoms with Crippen molar-refractivity contribution in [1.82, 2.24) is 4.98 Å². The van der Waals surface area contributed by atoms with Gasteiger partial charge < -0.3 is 10.1 Å². The van der Waals surface area contributed by atoms with E-state index in [2.05, 4.69) is 10.3 Å². The molecule has 1 amide bonds. The van der Waals surface area contributed by atoms with Crippen LogP contribution in [0.2, 0.25) is 5.02 Å². The third-order valence-corrected chi connectivity index (χ3v) is 3.30. The van der Waals surface area contributed by atoms with Crippen molar-refractivity contribution in [3.8, 4) is 11.5 Å². The first-order valence-corrected chi connectivity index (χ1v) is 7.35. The Morgan fingerprint density at radius 1 is 1.00 bits per heavy atom. The van der Waals surface area contributed by atoms with E-state index in [1.165, 1.54) is 12.3 Å². The van der Waals surface area contributed by atoms with Gasteiger partial charge >= 0.3 is 0 Å². The van der Waals surface area contributed by atoms with Gasteiger partial charge in [-0.3, -0.25) is 9.78 Å². The standard InChI is InChI=1S/C18H13ClN2O2/c19-13-10-11-20-16(12-13)18(22)21-15-8-4-5-9-17(15)23-14-6-2-1-3-7-14/h1-12H,(H,21,22). The summed E-state index contributed by atoms with van der Waals surface area (Å²) in [5.74, 6) is 0.890. The number of nitrogens with one attached hydrogen (secondary N) is 1. The molecule has 3 aromatic rings. The molecule has 0 bridgehead atoms. The topological polar surface area (TPSA) is 51.2 Å². The van der Waals surface area contributed by atoms with E-state index < -0.39 is 0 Å². The van der Waals surface area contributed by atoms with E-state index >= 15 is 0 Å². The van der Waals surface area contributed by atoms with Crippen molar-refractivity contribution in [3.63, 3.8) is 0 Å². The quantitative estimate of drug-likeness (QED) is 0.751. The number of hydrogen-bond donors (Lipinski definition) is 1. The minimum absolute atomic E-state index is 0.243. The fourth-order valence-corrected chi connectivity index (χ4v) is 2.15. The third-order valence-electron chi connectivity index (χ3n) is 3.06. The molecule has 0 spiro atoms. The minimum atomic E-state index is -0.350. The molecule has 5 heteroatoms. The molecular formula is C18H13ClN2O2. The number of nitrogens with zero attached hydrogens (tertiary/aromatic N) is 1. The van der Waals surface area contributed by atoms with Gasteiger partial charge in [-0.25, -0.2) is 0 Å². The summed E-state index contributed by atoms with van der Waals surface area (Å²) in [6, 6.07) is 19.7. The number of para-hydroxylation sites is 3. The molecule has 0 atom stereocenters. The average molecular weight is 325 g/mol. The molecule has 114 valence electrons. The Morgan fingerprint density at radius 3 is 2.52 bits per heavy atom. The van der Waals surface area contributed by atoms with Gasteiger partial charge in [-0.15, -0.1) is 0 Å². The zero-order chi connectivity index (χ0) is 16.1. The molecule has 0 saturated carbocycles. The molecule has 0 aliphatic carbocycles. The van der Waals surface area contributed by atoms with Crippen LogP contribution in [0.15, 0.2) is 72.9 Å². The van der Waals surface area contributed by atoms with Crippen LogP contribution in [-0.4, -0.2) is 10.9 Å². The minimum Gasteiger partial charge on any atom is -0.455 e. The highest BCUT2D eigenvalue weighted by Crippen LogP contribution is 2.29. The van der Waals surface area contributed by atoms with E-state index in [1.54, 1.807) is 18.2 Å². The highest BCUT2D eigenvalue weighted by atomic mass is 35.5. The number of hydrogen-bond acceptors (Lipinski definition) is 3. The molecule has 2 aromatic carbocycles. The van der Waals surface area contributed by atoms with E-state index in [0.29, 0.717) is 22.2 Å². The summed E-state index contributed by atoms with van der Waals surface area (Å²) in [6.45, 7) is 0. The summed E-state index contributed by atoms with van der Waals surface area (Å²) in [5.41, 5.74) is 0.801. The van der Waals surface area contributed by atoms with Gasteiger partial charge in [0, 0.05) is 11.2 Å². The Kier molecular flexibility index (Phi) is 4.54. The number of amides is 1. The highest BCUT2D eigenvalue weighted by molar-refractivity contribution is 6.30. The van der Waals surface area contributed by atoms with Crippen molar-refractivity contribution in [1.29, 1.82) is 0 Å². The first-order chi connectivity index (χ1) is 11.2. The van der Waals surface area contributed by atoms with E-state index in [1.807, 2.05) is 42.5 Å². The van der Waals surface area contributed by atoms with Crippen LogP contribution in [0.25, 0.3) is 0 Å². The number of halogens is 1. The van der Waals surface area contributed by atoms with E-state index in [4.69, 9.17) is 16.3 Å². The van der Waals surface area contributed by atoms with Crippen LogP contribution in [0, 0.1) is 0 Å². The van der Waals surface area contributed by atoms with Gasteiger partial charge in [-0.05, 0) is 36.4 Å². The second kappa shape index (κ2) is 6.94. The Hall–Kier alpha value is -2.85. The Labute approximate surface area is 138 Å². The van der Waals surface area contributed by atoms with E-state index in [9.17, 15) is 4.79 Å². The van der Waals surface area contributed by atoms with Crippen molar-refractivity contribution >= 4 is 23.2 Å². The molecule has 23 heavy (non-hydrogen) atoms. The number of rotatable bonds is 4. The number of carbonyl (C=O) groups excluding carboxylic acids is 1. The molecule has 4 nitrogen and oxygen atoms in total. The summed E-state index contributed by atoms with van der Waals surface area (Å²) in [4.78, 5) is 16.3. The van der Waals surface area contributed by atoms with Crippen LogP contribution in [0.3, 0.4) is 0 Å². The summed E-state index contributed by atoms with van der Waals surface area (Å²) in [6.07, 6.45) is 1.49. The molecule has 0 aliphatic heterocycles. The number of aromatic nitrogens is 1. The largest absolute Gasteiger partial charge is 0.455 e. The monoisotopic (exact) mass is 324 g/mol. The van der Waals surface area contributed by atoms with E-state index in [0.717, 1.165) is 0 Å². The fraction of sp³-hybridized carbons (Fsp3) is 0. The van der Waals surface area contributed by atoms with E-state index in [-0.39, 0.29) is 11.6 Å². The van der Waals surface area contributed by atoms with Crippen LogP contribution in [0.4, 0.5) is 5.69 Å². The van der Waals surface area contributed by atoms with Crippen LogP contribution in [0.1, 0.15) is 10.5 Å². The predicted molar refractivity (Wildman–Crippen MR) is 90.2 cm³/mol. The lowest BCUT2D eigenvalue weighted by Crippen LogP contribution is -2.14. The van der Waals surface area contributed by atoms with Gasteiger partial charge in [0.05, 0.1) is 5.69 Å². The molecule has 0 saturated heterocycles. The van der Waals surface area contributed by atoms with Crippen molar-refractivity contribution < 1.29 is 9.53 Å². The second-order valence-electron chi connectivity index (χ2n) is 4.72. The molecule has 0 unspecified atom stereocenters. The first kappa shape index (κ1) is 15.1. The van der Waals surface area contributed by atoms with Crippen molar-refractivity contribution in [2.45, 2.75) is 0 Å². The Bertz CT molecular complexity index is 822. The number of carbonyl (C=O) groups is 1. The van der Waals surface area contributed by atoms with Crippen LogP contribution in [0.5, 0.6) is 11.5 Å². The number of benzene rings is 2. The lowest BCUT2D eigenvalue weighted by molar-refractivity contribution is 0.102. The highest BCUT2D eigenvalue weighted by Gasteiger charge is 2.11. The molecule has 0 aliphatic rings. The third kappa shape index (κ3) is 3.87. The van der Waals surface area contributed by atoms with Crippen molar-refractivity contribution in [2.24, 2.45) is 0 Å².